The summed E-state index contributed by atoms with van der Waals surface area (Å²) in [5, 5.41) is 15.1. The summed E-state index contributed by atoms with van der Waals surface area (Å²) in [5.41, 5.74) is 2.87. The second kappa shape index (κ2) is 10.6. The number of non-ortho nitro benzene ring substituents is 1. The molecule has 0 spiro atoms. The lowest BCUT2D eigenvalue weighted by molar-refractivity contribution is -0.384. The van der Waals surface area contributed by atoms with Gasteiger partial charge in [-0.25, -0.2) is 4.68 Å². The Labute approximate surface area is 165 Å². The Morgan fingerprint density at radius 1 is 1.11 bits per heavy atom. The number of aromatic nitrogens is 2. The lowest BCUT2D eigenvalue weighted by atomic mass is 10.0. The Bertz CT molecular complexity index is 797. The van der Waals surface area contributed by atoms with E-state index in [1.165, 1.54) is 61.1 Å². The molecule has 0 atom stereocenters. The summed E-state index contributed by atoms with van der Waals surface area (Å²) in [6.45, 7) is 5.89. The van der Waals surface area contributed by atoms with Crippen LogP contribution in [0.2, 0.25) is 0 Å². The second-order valence-electron chi connectivity index (χ2n) is 7.01. The van der Waals surface area contributed by atoms with Crippen LogP contribution in [0.1, 0.15) is 67.2 Å². The van der Waals surface area contributed by atoms with Gasteiger partial charge in [0.05, 0.1) is 10.6 Å². The molecule has 0 aliphatic carbocycles. The lowest BCUT2D eigenvalue weighted by Gasteiger charge is -2.07. The normalized spacial score (nSPS) is 10.8. The fourth-order valence-electron chi connectivity index (χ4n) is 3.23. The van der Waals surface area contributed by atoms with Crippen molar-refractivity contribution in [2.24, 2.45) is 0 Å². The van der Waals surface area contributed by atoms with E-state index in [1.807, 2.05) is 13.8 Å². The van der Waals surface area contributed by atoms with Gasteiger partial charge in [-0.3, -0.25) is 14.9 Å². The van der Waals surface area contributed by atoms with Crippen molar-refractivity contribution in [3.8, 4) is 5.75 Å². The summed E-state index contributed by atoms with van der Waals surface area (Å²) in [6, 6.07) is 5.66. The smallest absolute Gasteiger partial charge is 0.284 e. The van der Waals surface area contributed by atoms with Gasteiger partial charge in [0.15, 0.2) is 6.61 Å². The summed E-state index contributed by atoms with van der Waals surface area (Å²) >= 11 is 0. The van der Waals surface area contributed by atoms with E-state index in [1.54, 1.807) is 0 Å². The van der Waals surface area contributed by atoms with Gasteiger partial charge in [0.1, 0.15) is 5.75 Å². The second-order valence-corrected chi connectivity index (χ2v) is 7.01. The van der Waals surface area contributed by atoms with Gasteiger partial charge >= 0.3 is 0 Å². The molecule has 0 radical (unpaired) electrons. The highest BCUT2D eigenvalue weighted by molar-refractivity contribution is 5.80. The molecular formula is C21H29N3O4. The van der Waals surface area contributed by atoms with Gasteiger partial charge in [-0.05, 0) is 44.4 Å². The Morgan fingerprint density at radius 2 is 1.75 bits per heavy atom. The molecule has 0 fully saturated rings. The summed E-state index contributed by atoms with van der Waals surface area (Å²) in [4.78, 5) is 22.7. The van der Waals surface area contributed by atoms with E-state index in [0.29, 0.717) is 5.75 Å². The molecular weight excluding hydrogens is 358 g/mol. The van der Waals surface area contributed by atoms with Gasteiger partial charge < -0.3 is 4.74 Å². The number of carbonyl (C=O) groups excluding carboxylic acids is 1. The average molecular weight is 387 g/mol. The van der Waals surface area contributed by atoms with E-state index in [0.717, 1.165) is 29.8 Å². The van der Waals surface area contributed by atoms with Gasteiger partial charge in [-0.15, -0.1) is 0 Å². The molecule has 0 N–H and O–H groups in total. The van der Waals surface area contributed by atoms with Crippen molar-refractivity contribution in [3.63, 3.8) is 0 Å². The van der Waals surface area contributed by atoms with E-state index in [9.17, 15) is 14.9 Å². The molecule has 7 heteroatoms. The van der Waals surface area contributed by atoms with Gasteiger partial charge in [-0.2, -0.15) is 5.10 Å². The van der Waals surface area contributed by atoms with Crippen LogP contribution >= 0.6 is 0 Å². The van der Waals surface area contributed by atoms with E-state index in [-0.39, 0.29) is 18.2 Å². The fraction of sp³-hybridized carbons (Fsp3) is 0.524. The van der Waals surface area contributed by atoms with Crippen molar-refractivity contribution in [1.82, 2.24) is 9.78 Å². The molecule has 28 heavy (non-hydrogen) atoms. The van der Waals surface area contributed by atoms with E-state index in [4.69, 9.17) is 4.74 Å². The number of benzene rings is 1. The van der Waals surface area contributed by atoms with Crippen molar-refractivity contribution in [2.75, 3.05) is 6.61 Å². The number of unbranched alkanes of at least 4 members (excludes halogenated alkanes) is 5. The third-order valence-corrected chi connectivity index (χ3v) is 4.87. The SMILES string of the molecule is CCCCCCCCc1c(C)nn(C(=O)COc2ccc([N+](=O)[O-])cc2)c1C. The van der Waals surface area contributed by atoms with Crippen molar-refractivity contribution in [3.05, 3.63) is 51.3 Å². The fourth-order valence-corrected chi connectivity index (χ4v) is 3.23. The highest BCUT2D eigenvalue weighted by Crippen LogP contribution is 2.19. The topological polar surface area (TPSA) is 87.3 Å². The van der Waals surface area contributed by atoms with Crippen LogP contribution < -0.4 is 4.74 Å². The van der Waals surface area contributed by atoms with Crippen molar-refractivity contribution < 1.29 is 14.5 Å². The third-order valence-electron chi connectivity index (χ3n) is 4.87. The largest absolute Gasteiger partial charge is 0.484 e. The number of hydrogen-bond acceptors (Lipinski definition) is 5. The zero-order chi connectivity index (χ0) is 20.5. The molecule has 1 heterocycles. The van der Waals surface area contributed by atoms with Crippen LogP contribution in [0.25, 0.3) is 0 Å². The number of rotatable bonds is 11. The predicted octanol–water partition coefficient (Wildman–Crippen LogP) is 5.03. The van der Waals surface area contributed by atoms with Gasteiger partial charge in [0.2, 0.25) is 0 Å². The van der Waals surface area contributed by atoms with Crippen LogP contribution in [0.15, 0.2) is 24.3 Å². The maximum Gasteiger partial charge on any atom is 0.284 e. The number of carbonyl (C=O) groups is 1. The number of nitro groups is 1. The molecule has 2 rings (SSSR count). The van der Waals surface area contributed by atoms with Gasteiger partial charge in [-0.1, -0.05) is 39.0 Å². The Kier molecular flexibility index (Phi) is 8.17. The van der Waals surface area contributed by atoms with E-state index in [2.05, 4.69) is 12.0 Å². The first-order valence-corrected chi connectivity index (χ1v) is 9.89. The first-order chi connectivity index (χ1) is 13.4. The molecule has 0 unspecified atom stereocenters. The summed E-state index contributed by atoms with van der Waals surface area (Å²) < 4.78 is 6.87. The van der Waals surface area contributed by atoms with Crippen LogP contribution in [0, 0.1) is 24.0 Å². The molecule has 0 amide bonds. The Balaban J connectivity index is 1.90. The van der Waals surface area contributed by atoms with Crippen LogP contribution in [0.3, 0.4) is 0 Å². The predicted molar refractivity (Wildman–Crippen MR) is 108 cm³/mol. The van der Waals surface area contributed by atoms with Crippen molar-refractivity contribution in [2.45, 2.75) is 65.7 Å². The molecule has 152 valence electrons. The number of nitro benzene ring substituents is 1. The van der Waals surface area contributed by atoms with Crippen molar-refractivity contribution >= 4 is 11.6 Å². The first kappa shape index (κ1) is 21.6. The zero-order valence-corrected chi connectivity index (χ0v) is 16.9. The van der Waals surface area contributed by atoms with Crippen LogP contribution in [-0.2, 0) is 6.42 Å². The molecule has 0 saturated carbocycles. The van der Waals surface area contributed by atoms with Crippen LogP contribution in [0.5, 0.6) is 5.75 Å². The molecule has 1 aromatic carbocycles. The standard InChI is InChI=1S/C21H29N3O4/c1-4-5-6-7-8-9-10-20-16(2)22-23(17(20)3)21(25)15-28-19-13-11-18(12-14-19)24(26)27/h11-14H,4-10,15H2,1-3H3. The van der Waals surface area contributed by atoms with E-state index >= 15 is 0 Å². The van der Waals surface area contributed by atoms with Crippen molar-refractivity contribution in [1.29, 1.82) is 0 Å². The monoisotopic (exact) mass is 387 g/mol. The quantitative estimate of drug-likeness (QED) is 0.306. The molecule has 0 aliphatic rings. The van der Waals surface area contributed by atoms with Gasteiger partial charge in [0.25, 0.3) is 11.6 Å². The number of nitrogens with zero attached hydrogens (tertiary/aromatic N) is 3. The highest BCUT2D eigenvalue weighted by atomic mass is 16.6. The average Bonchev–Trinajstić information content (AvgIpc) is 2.97. The molecule has 0 aliphatic heterocycles. The molecule has 7 nitrogen and oxygen atoms in total. The molecule has 2 aromatic rings. The maximum atomic E-state index is 12.5. The minimum atomic E-state index is -0.476. The lowest BCUT2D eigenvalue weighted by Crippen LogP contribution is -2.21. The van der Waals surface area contributed by atoms with Crippen LogP contribution in [0.4, 0.5) is 5.69 Å². The molecule has 1 aromatic heterocycles. The number of hydrogen-bond donors (Lipinski definition) is 0. The third kappa shape index (κ3) is 5.90. The molecule has 0 saturated heterocycles. The highest BCUT2D eigenvalue weighted by Gasteiger charge is 2.17. The first-order valence-electron chi connectivity index (χ1n) is 9.89. The summed E-state index contributed by atoms with van der Waals surface area (Å²) in [6.07, 6.45) is 8.30. The zero-order valence-electron chi connectivity index (χ0n) is 16.9. The summed E-state index contributed by atoms with van der Waals surface area (Å²) in [7, 11) is 0. The minimum absolute atomic E-state index is 0.0171. The Hall–Kier alpha value is -2.70. The van der Waals surface area contributed by atoms with Crippen LogP contribution in [-0.4, -0.2) is 27.2 Å². The maximum absolute atomic E-state index is 12.5. The minimum Gasteiger partial charge on any atom is -0.484 e. The molecule has 0 bridgehead atoms. The number of aryl methyl sites for hydroxylation is 1. The Morgan fingerprint density at radius 3 is 2.39 bits per heavy atom. The van der Waals surface area contributed by atoms with E-state index < -0.39 is 4.92 Å². The van der Waals surface area contributed by atoms with Gasteiger partial charge in [0, 0.05) is 17.8 Å². The summed E-state index contributed by atoms with van der Waals surface area (Å²) in [5.74, 6) is 0.154. The number of ether oxygens (including phenoxy) is 1.